The van der Waals surface area contributed by atoms with Crippen LogP contribution in [0.5, 0.6) is 0 Å². The van der Waals surface area contributed by atoms with Gasteiger partial charge in [-0.1, -0.05) is 20.8 Å². The van der Waals surface area contributed by atoms with Gasteiger partial charge in [-0.25, -0.2) is 0 Å². The zero-order valence-electron chi connectivity index (χ0n) is 9.47. The molecular formula is C12H21NO. The Labute approximate surface area is 86.5 Å². The number of fused-ring (bicyclic) bond motifs is 1. The Morgan fingerprint density at radius 1 is 1.50 bits per heavy atom. The van der Waals surface area contributed by atoms with Crippen LogP contribution in [0.1, 0.15) is 46.5 Å². The molecule has 14 heavy (non-hydrogen) atoms. The van der Waals surface area contributed by atoms with E-state index in [-0.39, 0.29) is 5.91 Å². The van der Waals surface area contributed by atoms with E-state index in [0.29, 0.717) is 17.4 Å². The van der Waals surface area contributed by atoms with Crippen LogP contribution in [0, 0.1) is 17.3 Å². The van der Waals surface area contributed by atoms with Gasteiger partial charge in [0.05, 0.1) is 0 Å². The Balaban J connectivity index is 2.07. The molecular weight excluding hydrogens is 174 g/mol. The van der Waals surface area contributed by atoms with Crippen LogP contribution in [0.4, 0.5) is 0 Å². The van der Waals surface area contributed by atoms with Crippen LogP contribution in [-0.4, -0.2) is 11.9 Å². The van der Waals surface area contributed by atoms with Gasteiger partial charge >= 0.3 is 0 Å². The van der Waals surface area contributed by atoms with Crippen molar-refractivity contribution in [2.24, 2.45) is 17.3 Å². The number of rotatable bonds is 1. The zero-order chi connectivity index (χ0) is 10.3. The van der Waals surface area contributed by atoms with E-state index in [1.807, 2.05) is 0 Å². The van der Waals surface area contributed by atoms with Crippen LogP contribution >= 0.6 is 0 Å². The molecule has 2 fully saturated rings. The minimum atomic E-state index is 0.271. The Kier molecular flexibility index (Phi) is 2.32. The summed E-state index contributed by atoms with van der Waals surface area (Å²) in [5.74, 6) is 1.63. The largest absolute Gasteiger partial charge is 0.353 e. The van der Waals surface area contributed by atoms with Crippen molar-refractivity contribution in [2.45, 2.75) is 52.5 Å². The molecule has 3 atom stereocenters. The van der Waals surface area contributed by atoms with E-state index in [1.165, 1.54) is 19.3 Å². The molecule has 0 aromatic carbocycles. The van der Waals surface area contributed by atoms with E-state index < -0.39 is 0 Å². The first-order chi connectivity index (χ1) is 6.51. The molecule has 0 bridgehead atoms. The third-order valence-electron chi connectivity index (χ3n) is 4.53. The summed E-state index contributed by atoms with van der Waals surface area (Å²) in [5, 5.41) is 3.13. The monoisotopic (exact) mass is 195 g/mol. The van der Waals surface area contributed by atoms with Crippen molar-refractivity contribution in [2.75, 3.05) is 0 Å². The first-order valence-corrected chi connectivity index (χ1v) is 5.80. The summed E-state index contributed by atoms with van der Waals surface area (Å²) in [4.78, 5) is 11.3. The van der Waals surface area contributed by atoms with E-state index >= 15 is 0 Å². The maximum Gasteiger partial charge on any atom is 0.220 e. The minimum absolute atomic E-state index is 0.271. The normalized spacial score (nSPS) is 42.4. The van der Waals surface area contributed by atoms with E-state index in [1.54, 1.807) is 0 Å². The Bertz CT molecular complexity index is 249. The molecule has 0 radical (unpaired) electrons. The maximum atomic E-state index is 11.3. The van der Waals surface area contributed by atoms with Crippen LogP contribution in [-0.2, 0) is 4.79 Å². The average molecular weight is 195 g/mol. The summed E-state index contributed by atoms with van der Waals surface area (Å²) < 4.78 is 0. The molecule has 0 aromatic rings. The highest BCUT2D eigenvalue weighted by atomic mass is 16.2. The number of carbonyl (C=O) groups excluding carboxylic acids is 1. The Hall–Kier alpha value is -0.530. The van der Waals surface area contributed by atoms with Crippen molar-refractivity contribution in [1.29, 1.82) is 0 Å². The highest BCUT2D eigenvalue weighted by Gasteiger charge is 2.43. The van der Waals surface area contributed by atoms with Crippen LogP contribution in [0.3, 0.4) is 0 Å². The van der Waals surface area contributed by atoms with Crippen LogP contribution in [0.2, 0.25) is 0 Å². The fraction of sp³-hybridized carbons (Fsp3) is 0.917. The summed E-state index contributed by atoms with van der Waals surface area (Å²) in [5.41, 5.74) is 0.443. The van der Waals surface area contributed by atoms with E-state index in [2.05, 4.69) is 26.1 Å². The molecule has 1 saturated carbocycles. The molecule has 2 aliphatic rings. The topological polar surface area (TPSA) is 29.1 Å². The number of hydrogen-bond donors (Lipinski definition) is 1. The molecule has 1 saturated heterocycles. The number of hydrogen-bond acceptors (Lipinski definition) is 1. The van der Waals surface area contributed by atoms with Gasteiger partial charge in [0.15, 0.2) is 0 Å². The summed E-state index contributed by atoms with van der Waals surface area (Å²) >= 11 is 0. The maximum absolute atomic E-state index is 11.3. The standard InChI is InChI=1S/C12H21NO/c1-8(2)12(3)5-4-9-6-11(14)13-10(9)7-12/h8-10H,4-7H2,1-3H3,(H,13,14). The van der Waals surface area contributed by atoms with Crippen LogP contribution < -0.4 is 5.32 Å². The first kappa shape index (κ1) is 10.0. The second-order valence-electron chi connectivity index (χ2n) is 5.69. The Morgan fingerprint density at radius 2 is 2.21 bits per heavy atom. The minimum Gasteiger partial charge on any atom is -0.353 e. The summed E-state index contributed by atoms with van der Waals surface area (Å²) in [6, 6.07) is 0.476. The van der Waals surface area contributed by atoms with Crippen LogP contribution in [0.15, 0.2) is 0 Å². The predicted octanol–water partition coefficient (Wildman–Crippen LogP) is 2.34. The molecule has 2 nitrogen and oxygen atoms in total. The summed E-state index contributed by atoms with van der Waals surface area (Å²) in [6.07, 6.45) is 4.48. The summed E-state index contributed by atoms with van der Waals surface area (Å²) in [7, 11) is 0. The quantitative estimate of drug-likeness (QED) is 0.683. The van der Waals surface area contributed by atoms with E-state index in [9.17, 15) is 4.79 Å². The second-order valence-corrected chi connectivity index (χ2v) is 5.69. The van der Waals surface area contributed by atoms with Gasteiger partial charge in [0.25, 0.3) is 0 Å². The molecule has 0 aromatic heterocycles. The van der Waals surface area contributed by atoms with Crippen molar-refractivity contribution < 1.29 is 4.79 Å². The second kappa shape index (κ2) is 3.25. The van der Waals surface area contributed by atoms with Gasteiger partial charge in [-0.15, -0.1) is 0 Å². The van der Waals surface area contributed by atoms with Gasteiger partial charge in [-0.05, 0) is 36.5 Å². The molecule has 1 heterocycles. The molecule has 0 spiro atoms. The van der Waals surface area contributed by atoms with Crippen molar-refractivity contribution in [3.05, 3.63) is 0 Å². The van der Waals surface area contributed by atoms with Gasteiger partial charge in [0, 0.05) is 12.5 Å². The molecule has 80 valence electrons. The van der Waals surface area contributed by atoms with Crippen molar-refractivity contribution >= 4 is 5.91 Å². The van der Waals surface area contributed by atoms with E-state index in [0.717, 1.165) is 12.3 Å². The SMILES string of the molecule is CC(C)C1(C)CCC2CC(=O)NC2C1. The van der Waals surface area contributed by atoms with Crippen molar-refractivity contribution in [3.8, 4) is 0 Å². The average Bonchev–Trinajstić information content (AvgIpc) is 2.43. The number of nitrogens with one attached hydrogen (secondary N) is 1. The van der Waals surface area contributed by atoms with Gasteiger partial charge in [0.1, 0.15) is 0 Å². The molecule has 1 N–H and O–H groups in total. The highest BCUT2D eigenvalue weighted by Crippen LogP contribution is 2.46. The lowest BCUT2D eigenvalue weighted by molar-refractivity contribution is -0.119. The fourth-order valence-electron chi connectivity index (χ4n) is 2.93. The molecule has 1 aliphatic carbocycles. The predicted molar refractivity (Wildman–Crippen MR) is 56.8 cm³/mol. The van der Waals surface area contributed by atoms with Gasteiger partial charge in [-0.3, -0.25) is 4.79 Å². The lowest BCUT2D eigenvalue weighted by Gasteiger charge is -2.42. The fourth-order valence-corrected chi connectivity index (χ4v) is 2.93. The number of carbonyl (C=O) groups is 1. The van der Waals surface area contributed by atoms with Crippen molar-refractivity contribution in [1.82, 2.24) is 5.32 Å². The lowest BCUT2D eigenvalue weighted by Crippen LogP contribution is -2.41. The molecule has 2 rings (SSSR count). The van der Waals surface area contributed by atoms with Gasteiger partial charge in [-0.2, -0.15) is 0 Å². The zero-order valence-corrected chi connectivity index (χ0v) is 9.47. The molecule has 3 unspecified atom stereocenters. The highest BCUT2D eigenvalue weighted by molar-refractivity contribution is 5.79. The molecule has 2 heteroatoms. The third-order valence-corrected chi connectivity index (χ3v) is 4.53. The van der Waals surface area contributed by atoms with E-state index in [4.69, 9.17) is 0 Å². The third kappa shape index (κ3) is 1.55. The van der Waals surface area contributed by atoms with Crippen molar-refractivity contribution in [3.63, 3.8) is 0 Å². The van der Waals surface area contributed by atoms with Gasteiger partial charge < -0.3 is 5.32 Å². The molecule has 1 aliphatic heterocycles. The smallest absolute Gasteiger partial charge is 0.220 e. The van der Waals surface area contributed by atoms with Gasteiger partial charge in [0.2, 0.25) is 5.91 Å². The summed E-state index contributed by atoms with van der Waals surface area (Å²) in [6.45, 7) is 6.98. The molecule has 1 amide bonds. The lowest BCUT2D eigenvalue weighted by atomic mass is 9.64. The number of amides is 1. The Morgan fingerprint density at radius 3 is 2.86 bits per heavy atom. The van der Waals surface area contributed by atoms with Crippen LogP contribution in [0.25, 0.3) is 0 Å². The first-order valence-electron chi connectivity index (χ1n) is 5.80.